The highest BCUT2D eigenvalue weighted by molar-refractivity contribution is 7.92. The number of anilines is 1. The predicted molar refractivity (Wildman–Crippen MR) is 119 cm³/mol. The van der Waals surface area contributed by atoms with Gasteiger partial charge in [0.05, 0.1) is 32.2 Å². The minimum atomic E-state index is -3.70. The van der Waals surface area contributed by atoms with Crippen LogP contribution in [0.4, 0.5) is 5.69 Å². The van der Waals surface area contributed by atoms with Gasteiger partial charge in [0, 0.05) is 5.56 Å². The largest absolute Gasteiger partial charge is 0.497 e. The zero-order valence-corrected chi connectivity index (χ0v) is 19.3. The number of sulfonamides is 1. The van der Waals surface area contributed by atoms with Gasteiger partial charge in [0.25, 0.3) is 0 Å². The molecule has 0 aromatic heterocycles. The Morgan fingerprint density at radius 1 is 1.03 bits per heavy atom. The second kappa shape index (κ2) is 9.38. The van der Waals surface area contributed by atoms with Gasteiger partial charge in [-0.3, -0.25) is 9.10 Å². The molecule has 164 valence electrons. The van der Waals surface area contributed by atoms with Crippen LogP contribution in [0.15, 0.2) is 36.4 Å². The summed E-state index contributed by atoms with van der Waals surface area (Å²) in [6.45, 7) is 7.09. The first-order chi connectivity index (χ1) is 14.0. The first kappa shape index (κ1) is 23.5. The van der Waals surface area contributed by atoms with Crippen molar-refractivity contribution in [1.82, 2.24) is 5.32 Å². The van der Waals surface area contributed by atoms with E-state index >= 15 is 0 Å². The number of hydrogen-bond donors (Lipinski definition) is 1. The lowest BCUT2D eigenvalue weighted by atomic mass is 10.1. The van der Waals surface area contributed by atoms with Crippen LogP contribution in [0.1, 0.15) is 36.6 Å². The number of nitrogens with zero attached hydrogens (tertiary/aromatic N) is 1. The van der Waals surface area contributed by atoms with Gasteiger partial charge in [-0.25, -0.2) is 8.42 Å². The monoisotopic (exact) mass is 434 g/mol. The summed E-state index contributed by atoms with van der Waals surface area (Å²) in [5.74, 6) is 0.817. The van der Waals surface area contributed by atoms with Crippen LogP contribution in [0.3, 0.4) is 0 Å². The van der Waals surface area contributed by atoms with Gasteiger partial charge >= 0.3 is 0 Å². The van der Waals surface area contributed by atoms with Gasteiger partial charge in [-0.1, -0.05) is 12.1 Å². The summed E-state index contributed by atoms with van der Waals surface area (Å²) < 4.78 is 37.0. The van der Waals surface area contributed by atoms with Crippen LogP contribution >= 0.6 is 0 Å². The lowest BCUT2D eigenvalue weighted by Gasteiger charge is -2.31. The second-order valence-electron chi connectivity index (χ2n) is 7.36. The summed E-state index contributed by atoms with van der Waals surface area (Å²) >= 11 is 0. The van der Waals surface area contributed by atoms with E-state index < -0.39 is 28.0 Å². The van der Waals surface area contributed by atoms with Gasteiger partial charge in [0.15, 0.2) is 0 Å². The molecule has 0 spiro atoms. The Kier molecular flexibility index (Phi) is 7.36. The predicted octanol–water partition coefficient (Wildman–Crippen LogP) is 3.35. The minimum Gasteiger partial charge on any atom is -0.497 e. The van der Waals surface area contributed by atoms with Crippen molar-refractivity contribution in [2.45, 2.75) is 39.8 Å². The molecule has 7 nitrogen and oxygen atoms in total. The average molecular weight is 435 g/mol. The van der Waals surface area contributed by atoms with Gasteiger partial charge in [-0.05, 0) is 63.1 Å². The Morgan fingerprint density at radius 3 is 2.27 bits per heavy atom. The first-order valence-electron chi connectivity index (χ1n) is 9.58. The van der Waals surface area contributed by atoms with Crippen LogP contribution in [0, 0.1) is 13.8 Å². The molecule has 0 aliphatic carbocycles. The Bertz CT molecular complexity index is 1020. The number of carbonyl (C=O) groups is 1. The normalized spacial score (nSPS) is 13.3. The molecule has 0 saturated carbocycles. The van der Waals surface area contributed by atoms with E-state index in [9.17, 15) is 13.2 Å². The maximum atomic E-state index is 13.0. The Morgan fingerprint density at radius 2 is 1.70 bits per heavy atom. The molecular formula is C22H30N2O5S. The van der Waals surface area contributed by atoms with Crippen molar-refractivity contribution in [2.75, 3.05) is 24.8 Å². The Hall–Kier alpha value is -2.74. The van der Waals surface area contributed by atoms with E-state index in [2.05, 4.69) is 5.32 Å². The van der Waals surface area contributed by atoms with Crippen molar-refractivity contribution in [3.05, 3.63) is 53.1 Å². The van der Waals surface area contributed by atoms with E-state index in [0.29, 0.717) is 17.2 Å². The molecule has 0 heterocycles. The van der Waals surface area contributed by atoms with Crippen molar-refractivity contribution >= 4 is 21.6 Å². The Balaban J connectivity index is 2.35. The standard InChI is InChI=1S/C22H30N2O5S/c1-14-8-9-15(2)20(12-14)24(30(7,26)27)17(4)22(25)23-16(3)19-13-18(28-5)10-11-21(19)29-6/h8-13,16-17H,1-7H3,(H,23,25). The van der Waals surface area contributed by atoms with Crippen LogP contribution in [0.2, 0.25) is 0 Å². The fourth-order valence-corrected chi connectivity index (χ4v) is 4.55. The van der Waals surface area contributed by atoms with Crippen LogP contribution in [0.25, 0.3) is 0 Å². The van der Waals surface area contributed by atoms with Crippen molar-refractivity contribution in [3.8, 4) is 11.5 Å². The molecule has 0 fully saturated rings. The first-order valence-corrected chi connectivity index (χ1v) is 11.4. The number of nitrogens with one attached hydrogen (secondary N) is 1. The molecule has 0 radical (unpaired) electrons. The van der Waals surface area contributed by atoms with E-state index in [1.165, 1.54) is 4.31 Å². The molecule has 2 aromatic carbocycles. The molecule has 0 bridgehead atoms. The second-order valence-corrected chi connectivity index (χ2v) is 9.22. The number of benzene rings is 2. The minimum absolute atomic E-state index is 0.418. The molecule has 8 heteroatoms. The van der Waals surface area contributed by atoms with E-state index in [1.807, 2.05) is 32.9 Å². The van der Waals surface area contributed by atoms with E-state index in [-0.39, 0.29) is 0 Å². The molecule has 2 aromatic rings. The number of hydrogen-bond acceptors (Lipinski definition) is 5. The third kappa shape index (κ3) is 5.24. The van der Waals surface area contributed by atoms with Gasteiger partial charge < -0.3 is 14.8 Å². The third-order valence-corrected chi connectivity index (χ3v) is 6.18. The molecule has 0 aliphatic rings. The quantitative estimate of drug-likeness (QED) is 0.689. The fourth-order valence-electron chi connectivity index (χ4n) is 3.33. The molecule has 2 unspecified atom stereocenters. The summed E-state index contributed by atoms with van der Waals surface area (Å²) in [6, 6.07) is 9.47. The maximum absolute atomic E-state index is 13.0. The summed E-state index contributed by atoms with van der Waals surface area (Å²) in [4.78, 5) is 13.0. The topological polar surface area (TPSA) is 84.9 Å². The van der Waals surface area contributed by atoms with Crippen LogP contribution < -0.4 is 19.1 Å². The fraction of sp³-hybridized carbons (Fsp3) is 0.409. The number of aryl methyl sites for hydroxylation is 2. The summed E-state index contributed by atoms with van der Waals surface area (Å²) in [5.41, 5.74) is 2.90. The zero-order chi connectivity index (χ0) is 22.6. The Labute approximate surface area is 179 Å². The molecule has 2 rings (SSSR count). The molecule has 1 N–H and O–H groups in total. The SMILES string of the molecule is COc1ccc(OC)c(C(C)NC(=O)C(C)N(c2cc(C)ccc2C)S(C)(=O)=O)c1. The summed E-state index contributed by atoms with van der Waals surface area (Å²) in [6.07, 6.45) is 1.10. The highest BCUT2D eigenvalue weighted by atomic mass is 32.2. The van der Waals surface area contributed by atoms with Crippen LogP contribution in [0.5, 0.6) is 11.5 Å². The molecular weight excluding hydrogens is 404 g/mol. The summed E-state index contributed by atoms with van der Waals surface area (Å²) in [5, 5.41) is 2.90. The lowest BCUT2D eigenvalue weighted by molar-refractivity contribution is -0.122. The van der Waals surface area contributed by atoms with Crippen molar-refractivity contribution < 1.29 is 22.7 Å². The van der Waals surface area contributed by atoms with Crippen LogP contribution in [-0.4, -0.2) is 40.8 Å². The van der Waals surface area contributed by atoms with Gasteiger partial charge in [-0.2, -0.15) is 0 Å². The number of carbonyl (C=O) groups excluding carboxylic acids is 1. The molecule has 2 atom stereocenters. The van der Waals surface area contributed by atoms with E-state index in [4.69, 9.17) is 9.47 Å². The zero-order valence-electron chi connectivity index (χ0n) is 18.5. The van der Waals surface area contributed by atoms with E-state index in [0.717, 1.165) is 22.9 Å². The van der Waals surface area contributed by atoms with Crippen LogP contribution in [-0.2, 0) is 14.8 Å². The van der Waals surface area contributed by atoms with E-state index in [1.54, 1.807) is 45.4 Å². The smallest absolute Gasteiger partial charge is 0.244 e. The highest BCUT2D eigenvalue weighted by Crippen LogP contribution is 2.30. The number of ether oxygens (including phenoxy) is 2. The maximum Gasteiger partial charge on any atom is 0.244 e. The average Bonchev–Trinajstić information content (AvgIpc) is 2.68. The molecule has 0 saturated heterocycles. The lowest BCUT2D eigenvalue weighted by Crippen LogP contribution is -2.48. The van der Waals surface area contributed by atoms with Crippen molar-refractivity contribution in [3.63, 3.8) is 0 Å². The number of methoxy groups -OCH3 is 2. The highest BCUT2D eigenvalue weighted by Gasteiger charge is 2.31. The third-order valence-electron chi connectivity index (χ3n) is 4.95. The molecule has 0 aliphatic heterocycles. The summed E-state index contributed by atoms with van der Waals surface area (Å²) in [7, 11) is -0.587. The van der Waals surface area contributed by atoms with Crippen molar-refractivity contribution in [2.24, 2.45) is 0 Å². The van der Waals surface area contributed by atoms with Gasteiger partial charge in [-0.15, -0.1) is 0 Å². The molecule has 1 amide bonds. The number of amides is 1. The van der Waals surface area contributed by atoms with Gasteiger partial charge in [0.1, 0.15) is 17.5 Å². The number of rotatable bonds is 8. The van der Waals surface area contributed by atoms with Crippen molar-refractivity contribution in [1.29, 1.82) is 0 Å². The molecule has 30 heavy (non-hydrogen) atoms. The van der Waals surface area contributed by atoms with Gasteiger partial charge in [0.2, 0.25) is 15.9 Å².